The Morgan fingerprint density at radius 1 is 1.40 bits per heavy atom. The summed E-state index contributed by atoms with van der Waals surface area (Å²) in [5.41, 5.74) is 2.07. The highest BCUT2D eigenvalue weighted by molar-refractivity contribution is 7.19. The van der Waals surface area contributed by atoms with E-state index in [2.05, 4.69) is 18.7 Å². The fourth-order valence-corrected chi connectivity index (χ4v) is 4.49. The van der Waals surface area contributed by atoms with Gasteiger partial charge in [-0.05, 0) is 26.0 Å². The summed E-state index contributed by atoms with van der Waals surface area (Å²) < 4.78 is 10.4. The van der Waals surface area contributed by atoms with E-state index in [1.165, 1.54) is 0 Å². The van der Waals surface area contributed by atoms with Crippen LogP contribution in [0.1, 0.15) is 26.0 Å². The van der Waals surface area contributed by atoms with Crippen molar-refractivity contribution in [1.29, 1.82) is 0 Å². The van der Waals surface area contributed by atoms with Gasteiger partial charge in [0.05, 0.1) is 25.5 Å². The van der Waals surface area contributed by atoms with Crippen molar-refractivity contribution in [2.45, 2.75) is 38.8 Å². The van der Waals surface area contributed by atoms with Crippen molar-refractivity contribution in [2.75, 3.05) is 25.7 Å². The highest BCUT2D eigenvalue weighted by Crippen LogP contribution is 2.42. The molecule has 0 spiro atoms. The van der Waals surface area contributed by atoms with Gasteiger partial charge in [-0.25, -0.2) is 4.98 Å². The summed E-state index contributed by atoms with van der Waals surface area (Å²) in [5, 5.41) is 2.08. The zero-order valence-corrected chi connectivity index (χ0v) is 15.9. The Hall–Kier alpha value is -1.92. The van der Waals surface area contributed by atoms with Crippen LogP contribution in [0.25, 0.3) is 10.6 Å². The molecule has 3 rings (SSSR count). The van der Waals surface area contributed by atoms with Crippen LogP contribution in [0.15, 0.2) is 24.3 Å². The molecule has 1 aromatic heterocycles. The maximum Gasteiger partial charge on any atom is 0.157 e. The first-order valence-electron chi connectivity index (χ1n) is 8.49. The minimum Gasteiger partial charge on any atom is -0.497 e. The van der Waals surface area contributed by atoms with Gasteiger partial charge in [0.25, 0.3) is 0 Å². The molecule has 0 N–H and O–H groups in total. The van der Waals surface area contributed by atoms with E-state index < -0.39 is 0 Å². The maximum absolute atomic E-state index is 12.6. The van der Waals surface area contributed by atoms with Gasteiger partial charge in [0.15, 0.2) is 5.78 Å². The number of rotatable bonds is 7. The average Bonchev–Trinajstić information content (AvgIpc) is 3.17. The zero-order valence-electron chi connectivity index (χ0n) is 15.1. The molecule has 0 saturated heterocycles. The summed E-state index contributed by atoms with van der Waals surface area (Å²) in [6.07, 6.45) is 1.12. The van der Waals surface area contributed by atoms with Gasteiger partial charge in [-0.2, -0.15) is 0 Å². The molecule has 1 aliphatic heterocycles. The van der Waals surface area contributed by atoms with Crippen molar-refractivity contribution < 1.29 is 14.3 Å². The lowest BCUT2D eigenvalue weighted by Gasteiger charge is -2.29. The fraction of sp³-hybridized carbons (Fsp3) is 0.474. The second-order valence-electron chi connectivity index (χ2n) is 6.43. The number of carbonyl (C=O) groups is 1. The Kier molecular flexibility index (Phi) is 5.39. The topological polar surface area (TPSA) is 51.7 Å². The average molecular weight is 360 g/mol. The van der Waals surface area contributed by atoms with Gasteiger partial charge in [0, 0.05) is 31.6 Å². The van der Waals surface area contributed by atoms with E-state index in [9.17, 15) is 4.79 Å². The Morgan fingerprint density at radius 2 is 2.20 bits per heavy atom. The van der Waals surface area contributed by atoms with Gasteiger partial charge in [-0.1, -0.05) is 23.5 Å². The molecular formula is C19H24N2O3S. The Bertz CT molecular complexity index is 757. The van der Waals surface area contributed by atoms with E-state index in [1.807, 2.05) is 24.3 Å². The number of fused-ring (bicyclic) bond motifs is 1. The quantitative estimate of drug-likeness (QED) is 0.756. The molecule has 1 aliphatic rings. The fourth-order valence-electron chi connectivity index (χ4n) is 3.21. The normalized spacial score (nSPS) is 16.4. The number of Topliss-reactive ketones (excluding diaryl/α,β-unsaturated/α-hetero) is 1. The first-order valence-corrected chi connectivity index (χ1v) is 9.31. The number of ketones is 1. The summed E-state index contributed by atoms with van der Waals surface area (Å²) >= 11 is 1.65. The van der Waals surface area contributed by atoms with Crippen LogP contribution in [-0.4, -0.2) is 43.7 Å². The Morgan fingerprint density at radius 3 is 2.88 bits per heavy atom. The number of hydrogen-bond acceptors (Lipinski definition) is 6. The monoisotopic (exact) mass is 360 g/mol. The molecule has 0 aliphatic carbocycles. The molecule has 6 heteroatoms. The molecule has 5 nitrogen and oxygen atoms in total. The lowest BCUT2D eigenvalue weighted by molar-refractivity contribution is -0.121. The summed E-state index contributed by atoms with van der Waals surface area (Å²) in [4.78, 5) is 19.6. The van der Waals surface area contributed by atoms with Crippen molar-refractivity contribution in [3.63, 3.8) is 0 Å². The lowest BCUT2D eigenvalue weighted by Crippen LogP contribution is -2.43. The molecule has 134 valence electrons. The van der Waals surface area contributed by atoms with E-state index >= 15 is 0 Å². The van der Waals surface area contributed by atoms with E-state index in [1.54, 1.807) is 25.6 Å². The van der Waals surface area contributed by atoms with Crippen molar-refractivity contribution in [2.24, 2.45) is 0 Å². The Balaban J connectivity index is 1.88. The predicted molar refractivity (Wildman–Crippen MR) is 101 cm³/mol. The molecule has 0 radical (unpaired) electrons. The van der Waals surface area contributed by atoms with Crippen molar-refractivity contribution in [1.82, 2.24) is 4.98 Å². The van der Waals surface area contributed by atoms with Gasteiger partial charge in [0.2, 0.25) is 0 Å². The van der Waals surface area contributed by atoms with Gasteiger partial charge in [-0.15, -0.1) is 0 Å². The molecule has 0 bridgehead atoms. The second kappa shape index (κ2) is 7.54. The number of carbonyl (C=O) groups excluding carboxylic acids is 1. The van der Waals surface area contributed by atoms with Gasteiger partial charge in [0.1, 0.15) is 15.8 Å². The lowest BCUT2D eigenvalue weighted by atomic mass is 10.1. The third kappa shape index (κ3) is 3.55. The third-order valence-electron chi connectivity index (χ3n) is 4.43. The second-order valence-corrected chi connectivity index (χ2v) is 7.41. The number of aromatic nitrogens is 1. The Labute approximate surface area is 152 Å². The summed E-state index contributed by atoms with van der Waals surface area (Å²) in [6.45, 7) is 4.71. The minimum absolute atomic E-state index is 0.122. The largest absolute Gasteiger partial charge is 0.497 e. The molecule has 1 atom stereocenters. The van der Waals surface area contributed by atoms with Crippen LogP contribution >= 0.6 is 11.3 Å². The molecule has 0 amide bonds. The van der Waals surface area contributed by atoms with Crippen LogP contribution in [0.2, 0.25) is 0 Å². The standard InChI is InChI=1S/C19H24N2O3S/c1-12(2)21-16(17(22)8-9-23-3)11-15-19(21)25-18(20-15)13-6-5-7-14(10-13)24-4/h5-7,10,12,16H,8-9,11H2,1-4H3. The van der Waals surface area contributed by atoms with Crippen LogP contribution in [0.5, 0.6) is 5.75 Å². The number of benzene rings is 1. The van der Waals surface area contributed by atoms with Crippen LogP contribution < -0.4 is 9.64 Å². The molecule has 0 saturated carbocycles. The summed E-state index contributed by atoms with van der Waals surface area (Å²) in [5.74, 6) is 1.05. The SMILES string of the molecule is COCCC(=O)C1Cc2nc(-c3cccc(OC)c3)sc2N1C(C)C. The number of hydrogen-bond donors (Lipinski definition) is 0. The van der Waals surface area contributed by atoms with Crippen molar-refractivity contribution in [3.8, 4) is 16.3 Å². The summed E-state index contributed by atoms with van der Waals surface area (Å²) in [6, 6.07) is 8.06. The molecule has 2 heterocycles. The van der Waals surface area contributed by atoms with Crippen LogP contribution in [0.3, 0.4) is 0 Å². The van der Waals surface area contributed by atoms with Crippen molar-refractivity contribution >= 4 is 22.1 Å². The number of methoxy groups -OCH3 is 2. The van der Waals surface area contributed by atoms with E-state index in [0.29, 0.717) is 19.4 Å². The van der Waals surface area contributed by atoms with Crippen LogP contribution in [0, 0.1) is 0 Å². The highest BCUT2D eigenvalue weighted by atomic mass is 32.1. The molecule has 0 fully saturated rings. The van der Waals surface area contributed by atoms with Gasteiger partial charge < -0.3 is 14.4 Å². The molecule has 2 aromatic rings. The smallest absolute Gasteiger partial charge is 0.157 e. The minimum atomic E-state index is -0.122. The molecular weight excluding hydrogens is 336 g/mol. The number of ether oxygens (including phenoxy) is 2. The van der Waals surface area contributed by atoms with E-state index in [4.69, 9.17) is 14.5 Å². The van der Waals surface area contributed by atoms with E-state index in [0.717, 1.165) is 27.0 Å². The highest BCUT2D eigenvalue weighted by Gasteiger charge is 2.38. The molecule has 25 heavy (non-hydrogen) atoms. The van der Waals surface area contributed by atoms with Gasteiger partial charge in [-0.3, -0.25) is 4.79 Å². The molecule has 1 aromatic carbocycles. The molecule has 1 unspecified atom stereocenters. The van der Waals surface area contributed by atoms with Crippen LogP contribution in [-0.2, 0) is 16.0 Å². The van der Waals surface area contributed by atoms with E-state index in [-0.39, 0.29) is 17.9 Å². The number of nitrogens with zero attached hydrogens (tertiary/aromatic N) is 2. The maximum atomic E-state index is 12.6. The van der Waals surface area contributed by atoms with Crippen molar-refractivity contribution in [3.05, 3.63) is 30.0 Å². The third-order valence-corrected chi connectivity index (χ3v) is 5.59. The summed E-state index contributed by atoms with van der Waals surface area (Å²) in [7, 11) is 3.29. The predicted octanol–water partition coefficient (Wildman–Crippen LogP) is 3.56. The number of anilines is 1. The zero-order chi connectivity index (χ0) is 18.0. The first-order chi connectivity index (χ1) is 12.0. The van der Waals surface area contributed by atoms with Gasteiger partial charge >= 0.3 is 0 Å². The van der Waals surface area contributed by atoms with Crippen LogP contribution in [0.4, 0.5) is 5.00 Å². The number of thiazole rings is 1. The first kappa shape index (κ1) is 17.9.